The SMILES string of the molecule is CCOc1c[nH]c(=O)n(C)c1=O. The van der Waals surface area contributed by atoms with Crippen molar-refractivity contribution in [2.24, 2.45) is 7.05 Å². The molecule has 1 rings (SSSR count). The molecule has 0 aliphatic carbocycles. The highest BCUT2D eigenvalue weighted by Crippen LogP contribution is 1.95. The molecule has 0 radical (unpaired) electrons. The molecule has 1 N–H and O–H groups in total. The van der Waals surface area contributed by atoms with Gasteiger partial charge in [0.05, 0.1) is 12.8 Å². The van der Waals surface area contributed by atoms with Crippen LogP contribution in [0.25, 0.3) is 0 Å². The maximum atomic E-state index is 11.2. The summed E-state index contributed by atoms with van der Waals surface area (Å²) in [7, 11) is 1.39. The number of aromatic nitrogens is 2. The van der Waals surface area contributed by atoms with Gasteiger partial charge in [0.15, 0.2) is 0 Å². The van der Waals surface area contributed by atoms with E-state index in [9.17, 15) is 9.59 Å². The van der Waals surface area contributed by atoms with Gasteiger partial charge < -0.3 is 9.72 Å². The van der Waals surface area contributed by atoms with Crippen molar-refractivity contribution < 1.29 is 4.74 Å². The molecule has 1 aromatic heterocycles. The van der Waals surface area contributed by atoms with Gasteiger partial charge in [-0.3, -0.25) is 9.36 Å². The Hall–Kier alpha value is -1.52. The molecule has 0 atom stereocenters. The summed E-state index contributed by atoms with van der Waals surface area (Å²) in [4.78, 5) is 24.4. The van der Waals surface area contributed by atoms with E-state index in [0.717, 1.165) is 4.57 Å². The van der Waals surface area contributed by atoms with Crippen LogP contribution in [0.5, 0.6) is 5.75 Å². The first-order valence-corrected chi connectivity index (χ1v) is 3.58. The van der Waals surface area contributed by atoms with Crippen molar-refractivity contribution in [3.8, 4) is 5.75 Å². The van der Waals surface area contributed by atoms with Gasteiger partial charge in [-0.25, -0.2) is 4.79 Å². The van der Waals surface area contributed by atoms with Crippen LogP contribution in [0.4, 0.5) is 0 Å². The van der Waals surface area contributed by atoms with Crippen LogP contribution in [0.1, 0.15) is 6.92 Å². The van der Waals surface area contributed by atoms with Crippen LogP contribution in [0.3, 0.4) is 0 Å². The summed E-state index contributed by atoms with van der Waals surface area (Å²) in [5.74, 6) is 0.166. The number of rotatable bonds is 2. The Morgan fingerprint density at radius 2 is 2.25 bits per heavy atom. The number of aromatic amines is 1. The van der Waals surface area contributed by atoms with Crippen LogP contribution in [-0.4, -0.2) is 16.2 Å². The summed E-state index contributed by atoms with van der Waals surface area (Å²) in [6.07, 6.45) is 1.27. The number of nitrogens with one attached hydrogen (secondary N) is 1. The van der Waals surface area contributed by atoms with Gasteiger partial charge in [-0.2, -0.15) is 0 Å². The van der Waals surface area contributed by atoms with Crippen molar-refractivity contribution in [2.75, 3.05) is 6.61 Å². The first kappa shape index (κ1) is 8.58. The largest absolute Gasteiger partial charge is 0.487 e. The van der Waals surface area contributed by atoms with Crippen LogP contribution < -0.4 is 16.0 Å². The van der Waals surface area contributed by atoms with Crippen molar-refractivity contribution in [1.82, 2.24) is 9.55 Å². The highest BCUT2D eigenvalue weighted by atomic mass is 16.5. The molecule has 0 fully saturated rings. The second-order valence-corrected chi connectivity index (χ2v) is 2.26. The maximum absolute atomic E-state index is 11.2. The van der Waals surface area contributed by atoms with Gasteiger partial charge in [-0.1, -0.05) is 0 Å². The zero-order chi connectivity index (χ0) is 9.14. The predicted molar refractivity (Wildman–Crippen MR) is 43.5 cm³/mol. The number of hydrogen-bond donors (Lipinski definition) is 1. The van der Waals surface area contributed by atoms with Crippen molar-refractivity contribution in [3.05, 3.63) is 27.0 Å². The molecule has 0 aliphatic rings. The number of nitrogens with zero attached hydrogens (tertiary/aromatic N) is 1. The number of H-pyrrole nitrogens is 1. The van der Waals surface area contributed by atoms with E-state index in [4.69, 9.17) is 4.74 Å². The van der Waals surface area contributed by atoms with E-state index in [0.29, 0.717) is 6.61 Å². The van der Waals surface area contributed by atoms with E-state index in [2.05, 4.69) is 4.98 Å². The molecule has 5 nitrogen and oxygen atoms in total. The van der Waals surface area contributed by atoms with Crippen molar-refractivity contribution in [3.63, 3.8) is 0 Å². The summed E-state index contributed by atoms with van der Waals surface area (Å²) in [5, 5.41) is 0. The maximum Gasteiger partial charge on any atom is 0.328 e. The summed E-state index contributed by atoms with van der Waals surface area (Å²) < 4.78 is 5.93. The van der Waals surface area contributed by atoms with Crippen molar-refractivity contribution in [1.29, 1.82) is 0 Å². The molecule has 1 aromatic rings. The van der Waals surface area contributed by atoms with Gasteiger partial charge in [0, 0.05) is 7.05 Å². The first-order chi connectivity index (χ1) is 5.66. The molecule has 0 aliphatic heterocycles. The average molecular weight is 170 g/mol. The highest BCUT2D eigenvalue weighted by Gasteiger charge is 2.02. The predicted octanol–water partition coefficient (Wildman–Crippen LogP) is -0.528. The van der Waals surface area contributed by atoms with Gasteiger partial charge in [0.25, 0.3) is 5.56 Å². The average Bonchev–Trinajstić information content (AvgIpc) is 2.07. The molecule has 0 saturated carbocycles. The molecule has 1 heterocycles. The van der Waals surface area contributed by atoms with E-state index >= 15 is 0 Å². The Morgan fingerprint density at radius 1 is 1.58 bits per heavy atom. The minimum Gasteiger partial charge on any atom is -0.487 e. The van der Waals surface area contributed by atoms with Gasteiger partial charge >= 0.3 is 5.69 Å². The molecular weight excluding hydrogens is 160 g/mol. The Bertz CT molecular complexity index is 377. The van der Waals surface area contributed by atoms with Crippen LogP contribution in [0.15, 0.2) is 15.8 Å². The third-order valence-corrected chi connectivity index (χ3v) is 1.45. The van der Waals surface area contributed by atoms with E-state index in [1.165, 1.54) is 13.2 Å². The zero-order valence-corrected chi connectivity index (χ0v) is 6.96. The van der Waals surface area contributed by atoms with Gasteiger partial charge in [-0.05, 0) is 6.92 Å². The second kappa shape index (κ2) is 3.25. The van der Waals surface area contributed by atoms with E-state index in [1.807, 2.05) is 0 Å². The van der Waals surface area contributed by atoms with Crippen LogP contribution in [-0.2, 0) is 7.05 Å². The third-order valence-electron chi connectivity index (χ3n) is 1.45. The summed E-state index contributed by atoms with van der Waals surface area (Å²) >= 11 is 0. The molecular formula is C7H10N2O3. The molecule has 5 heteroatoms. The third kappa shape index (κ3) is 1.39. The lowest BCUT2D eigenvalue weighted by Gasteiger charge is -2.01. The smallest absolute Gasteiger partial charge is 0.328 e. The zero-order valence-electron chi connectivity index (χ0n) is 6.96. The molecule has 0 unspecified atom stereocenters. The standard InChI is InChI=1S/C7H10N2O3/c1-3-12-5-4-8-7(11)9(2)6(5)10/h4H,3H2,1-2H3,(H,8,11). The highest BCUT2D eigenvalue weighted by molar-refractivity contribution is 5.11. The van der Waals surface area contributed by atoms with Crippen molar-refractivity contribution in [2.45, 2.75) is 6.92 Å². The van der Waals surface area contributed by atoms with Gasteiger partial charge in [0.1, 0.15) is 0 Å². The lowest BCUT2D eigenvalue weighted by atomic mass is 10.6. The lowest BCUT2D eigenvalue weighted by Crippen LogP contribution is -2.32. The topological polar surface area (TPSA) is 64.1 Å². The molecule has 0 spiro atoms. The Morgan fingerprint density at radius 3 is 2.83 bits per heavy atom. The Balaban J connectivity index is 3.27. The Labute approximate surface area is 68.6 Å². The fourth-order valence-electron chi connectivity index (χ4n) is 0.802. The monoisotopic (exact) mass is 170 g/mol. The van der Waals surface area contributed by atoms with E-state index < -0.39 is 11.2 Å². The summed E-state index contributed by atoms with van der Waals surface area (Å²) in [6.45, 7) is 2.17. The molecule has 0 bridgehead atoms. The molecule has 0 saturated heterocycles. The fraction of sp³-hybridized carbons (Fsp3) is 0.429. The molecule has 0 aromatic carbocycles. The summed E-state index contributed by atoms with van der Waals surface area (Å²) in [5.41, 5.74) is -0.857. The van der Waals surface area contributed by atoms with Gasteiger partial charge in [-0.15, -0.1) is 0 Å². The minimum absolute atomic E-state index is 0.166. The van der Waals surface area contributed by atoms with Crippen LogP contribution in [0, 0.1) is 0 Å². The summed E-state index contributed by atoms with van der Waals surface area (Å²) in [6, 6.07) is 0. The first-order valence-electron chi connectivity index (χ1n) is 3.58. The lowest BCUT2D eigenvalue weighted by molar-refractivity contribution is 0.330. The molecule has 12 heavy (non-hydrogen) atoms. The van der Waals surface area contributed by atoms with Crippen LogP contribution in [0.2, 0.25) is 0 Å². The molecule has 66 valence electrons. The minimum atomic E-state index is -0.441. The normalized spacial score (nSPS) is 9.83. The van der Waals surface area contributed by atoms with Crippen LogP contribution >= 0.6 is 0 Å². The van der Waals surface area contributed by atoms with E-state index in [1.54, 1.807) is 6.92 Å². The number of hydrogen-bond acceptors (Lipinski definition) is 3. The van der Waals surface area contributed by atoms with E-state index in [-0.39, 0.29) is 5.75 Å². The number of ether oxygens (including phenoxy) is 1. The fourth-order valence-corrected chi connectivity index (χ4v) is 0.802. The quantitative estimate of drug-likeness (QED) is 0.649. The second-order valence-electron chi connectivity index (χ2n) is 2.26. The molecule has 0 amide bonds. The van der Waals surface area contributed by atoms with Gasteiger partial charge in [0.2, 0.25) is 5.75 Å². The van der Waals surface area contributed by atoms with Crippen molar-refractivity contribution >= 4 is 0 Å². The Kier molecular flexibility index (Phi) is 2.32.